The Balaban J connectivity index is 1.78. The highest BCUT2D eigenvalue weighted by Crippen LogP contribution is 2.41. The molecule has 0 aromatic heterocycles. The maximum Gasteiger partial charge on any atom is 0.304 e. The monoisotopic (exact) mass is 225 g/mol. The summed E-state index contributed by atoms with van der Waals surface area (Å²) in [6.45, 7) is 5.34. The van der Waals surface area contributed by atoms with E-state index in [4.69, 9.17) is 5.11 Å². The molecular weight excluding hydrogens is 202 g/mol. The van der Waals surface area contributed by atoms with Crippen LogP contribution in [0.25, 0.3) is 0 Å². The second kappa shape index (κ2) is 4.74. The molecule has 2 saturated carbocycles. The zero-order chi connectivity index (χ0) is 11.7. The van der Waals surface area contributed by atoms with Gasteiger partial charge in [0.05, 0.1) is 6.42 Å². The molecule has 0 atom stereocenters. The number of hydrogen-bond acceptors (Lipinski definition) is 2. The summed E-state index contributed by atoms with van der Waals surface area (Å²) in [6.07, 6.45) is 5.44. The number of carbonyl (C=O) groups is 1. The van der Waals surface area contributed by atoms with Gasteiger partial charge in [0.15, 0.2) is 0 Å². The quantitative estimate of drug-likeness (QED) is 0.754. The van der Waals surface area contributed by atoms with Crippen molar-refractivity contribution in [3.8, 4) is 0 Å². The van der Waals surface area contributed by atoms with E-state index in [1.54, 1.807) is 0 Å². The molecular formula is C13H23NO2. The van der Waals surface area contributed by atoms with Crippen LogP contribution in [0, 0.1) is 11.8 Å². The van der Waals surface area contributed by atoms with Gasteiger partial charge in [-0.25, -0.2) is 0 Å². The Hall–Kier alpha value is -0.570. The molecule has 2 rings (SSSR count). The molecule has 0 aromatic carbocycles. The molecule has 0 heterocycles. The lowest BCUT2D eigenvalue weighted by molar-refractivity contribution is -0.137. The highest BCUT2D eigenvalue weighted by Gasteiger charge is 2.41. The number of carboxylic acid groups (broad SMARTS) is 1. The number of aliphatic carboxylic acids is 1. The topological polar surface area (TPSA) is 40.5 Å². The summed E-state index contributed by atoms with van der Waals surface area (Å²) >= 11 is 0. The highest BCUT2D eigenvalue weighted by atomic mass is 16.4. The van der Waals surface area contributed by atoms with Crippen LogP contribution in [-0.4, -0.2) is 34.6 Å². The Morgan fingerprint density at radius 2 is 1.94 bits per heavy atom. The molecule has 3 heteroatoms. The van der Waals surface area contributed by atoms with Crippen LogP contribution in [-0.2, 0) is 4.79 Å². The molecule has 0 saturated heterocycles. The van der Waals surface area contributed by atoms with Crippen LogP contribution in [0.15, 0.2) is 0 Å². The van der Waals surface area contributed by atoms with Crippen molar-refractivity contribution in [1.82, 2.24) is 4.90 Å². The molecule has 1 N–H and O–H groups in total. The molecule has 0 radical (unpaired) electrons. The van der Waals surface area contributed by atoms with E-state index in [1.165, 1.54) is 25.7 Å². The number of nitrogens with zero attached hydrogens (tertiary/aromatic N) is 1. The van der Waals surface area contributed by atoms with Gasteiger partial charge in [0, 0.05) is 18.6 Å². The SMILES string of the molecule is CC(C)C1CC(N(CCC(=O)O)C2CC2)C1. The van der Waals surface area contributed by atoms with Crippen molar-refractivity contribution in [3.63, 3.8) is 0 Å². The molecule has 2 aliphatic carbocycles. The molecule has 0 aliphatic heterocycles. The predicted molar refractivity (Wildman–Crippen MR) is 63.3 cm³/mol. The average Bonchev–Trinajstić information content (AvgIpc) is 2.89. The Morgan fingerprint density at radius 3 is 2.38 bits per heavy atom. The third-order valence-electron chi connectivity index (χ3n) is 4.16. The summed E-state index contributed by atoms with van der Waals surface area (Å²) in [5.41, 5.74) is 0. The first-order chi connectivity index (χ1) is 7.58. The van der Waals surface area contributed by atoms with Crippen molar-refractivity contribution >= 4 is 5.97 Å². The molecule has 3 nitrogen and oxygen atoms in total. The number of carboxylic acids is 1. The zero-order valence-corrected chi connectivity index (χ0v) is 10.4. The van der Waals surface area contributed by atoms with Crippen LogP contribution in [0.2, 0.25) is 0 Å². The van der Waals surface area contributed by atoms with Crippen LogP contribution >= 0.6 is 0 Å². The van der Waals surface area contributed by atoms with Crippen LogP contribution in [0.5, 0.6) is 0 Å². The first-order valence-electron chi connectivity index (χ1n) is 6.55. The Kier molecular flexibility index (Phi) is 3.53. The third-order valence-corrected chi connectivity index (χ3v) is 4.16. The minimum absolute atomic E-state index is 0.305. The molecule has 0 aromatic rings. The van der Waals surface area contributed by atoms with Gasteiger partial charge in [-0.15, -0.1) is 0 Å². The fourth-order valence-electron chi connectivity index (χ4n) is 2.74. The lowest BCUT2D eigenvalue weighted by atomic mass is 9.73. The van der Waals surface area contributed by atoms with Crippen molar-refractivity contribution in [2.75, 3.05) is 6.54 Å². The number of rotatable bonds is 6. The van der Waals surface area contributed by atoms with Gasteiger partial charge in [0.25, 0.3) is 0 Å². The summed E-state index contributed by atoms with van der Waals surface area (Å²) < 4.78 is 0. The molecule has 92 valence electrons. The molecule has 0 amide bonds. The summed E-state index contributed by atoms with van der Waals surface area (Å²) in [7, 11) is 0. The fourth-order valence-corrected chi connectivity index (χ4v) is 2.74. The highest BCUT2D eigenvalue weighted by molar-refractivity contribution is 5.66. The summed E-state index contributed by atoms with van der Waals surface area (Å²) in [5, 5.41) is 8.75. The van der Waals surface area contributed by atoms with E-state index in [9.17, 15) is 4.79 Å². The van der Waals surface area contributed by atoms with Gasteiger partial charge in [-0.05, 0) is 37.5 Å². The summed E-state index contributed by atoms with van der Waals surface area (Å²) in [6, 6.07) is 1.39. The standard InChI is InChI=1S/C13H23NO2/c1-9(2)10-7-12(8-10)14(11-3-4-11)6-5-13(15)16/h9-12H,3-8H2,1-2H3,(H,15,16). The van der Waals surface area contributed by atoms with Crippen molar-refractivity contribution in [2.45, 2.75) is 58.0 Å². The first-order valence-corrected chi connectivity index (χ1v) is 6.55. The fraction of sp³-hybridized carbons (Fsp3) is 0.923. The maximum atomic E-state index is 10.6. The maximum absolute atomic E-state index is 10.6. The first kappa shape index (κ1) is 11.9. The average molecular weight is 225 g/mol. The van der Waals surface area contributed by atoms with E-state index in [0.29, 0.717) is 18.5 Å². The zero-order valence-electron chi connectivity index (χ0n) is 10.4. The molecule has 2 fully saturated rings. The second-order valence-electron chi connectivity index (χ2n) is 5.74. The Morgan fingerprint density at radius 1 is 1.31 bits per heavy atom. The van der Waals surface area contributed by atoms with E-state index in [2.05, 4.69) is 18.7 Å². The van der Waals surface area contributed by atoms with Crippen molar-refractivity contribution < 1.29 is 9.90 Å². The predicted octanol–water partition coefficient (Wildman–Crippen LogP) is 2.36. The van der Waals surface area contributed by atoms with Gasteiger partial charge in [-0.2, -0.15) is 0 Å². The molecule has 0 spiro atoms. The molecule has 16 heavy (non-hydrogen) atoms. The summed E-state index contributed by atoms with van der Waals surface area (Å²) in [4.78, 5) is 13.1. The van der Waals surface area contributed by atoms with Crippen LogP contribution < -0.4 is 0 Å². The molecule has 0 unspecified atom stereocenters. The lowest BCUT2D eigenvalue weighted by Gasteiger charge is -2.45. The number of hydrogen-bond donors (Lipinski definition) is 1. The summed E-state index contributed by atoms with van der Waals surface area (Å²) in [5.74, 6) is 0.998. The van der Waals surface area contributed by atoms with Gasteiger partial charge in [0.2, 0.25) is 0 Å². The van der Waals surface area contributed by atoms with Crippen molar-refractivity contribution in [2.24, 2.45) is 11.8 Å². The third kappa shape index (κ3) is 2.76. The Labute approximate surface area is 97.8 Å². The Bertz CT molecular complexity index is 255. The van der Waals surface area contributed by atoms with Gasteiger partial charge in [0.1, 0.15) is 0 Å². The van der Waals surface area contributed by atoms with E-state index in [-0.39, 0.29) is 0 Å². The van der Waals surface area contributed by atoms with E-state index in [0.717, 1.165) is 18.4 Å². The van der Waals surface area contributed by atoms with Crippen molar-refractivity contribution in [1.29, 1.82) is 0 Å². The van der Waals surface area contributed by atoms with Gasteiger partial charge in [-0.3, -0.25) is 9.69 Å². The van der Waals surface area contributed by atoms with Gasteiger partial charge in [-0.1, -0.05) is 13.8 Å². The van der Waals surface area contributed by atoms with E-state index in [1.807, 2.05) is 0 Å². The van der Waals surface area contributed by atoms with Gasteiger partial charge >= 0.3 is 5.97 Å². The normalized spacial score (nSPS) is 29.5. The largest absolute Gasteiger partial charge is 0.481 e. The van der Waals surface area contributed by atoms with Gasteiger partial charge < -0.3 is 5.11 Å². The van der Waals surface area contributed by atoms with Crippen LogP contribution in [0.1, 0.15) is 46.0 Å². The van der Waals surface area contributed by atoms with Crippen LogP contribution in [0.3, 0.4) is 0 Å². The van der Waals surface area contributed by atoms with E-state index >= 15 is 0 Å². The second-order valence-corrected chi connectivity index (χ2v) is 5.74. The van der Waals surface area contributed by atoms with E-state index < -0.39 is 5.97 Å². The van der Waals surface area contributed by atoms with Crippen molar-refractivity contribution in [3.05, 3.63) is 0 Å². The smallest absolute Gasteiger partial charge is 0.304 e. The lowest BCUT2D eigenvalue weighted by Crippen LogP contribution is -2.47. The molecule has 2 aliphatic rings. The molecule has 0 bridgehead atoms. The van der Waals surface area contributed by atoms with Crippen LogP contribution in [0.4, 0.5) is 0 Å². The minimum Gasteiger partial charge on any atom is -0.481 e. The minimum atomic E-state index is -0.662.